The van der Waals surface area contributed by atoms with E-state index in [2.05, 4.69) is 27.7 Å². The molecule has 2 N–H and O–H groups in total. The molecule has 35 heavy (non-hydrogen) atoms. The molecule has 0 aliphatic heterocycles. The average Bonchev–Trinajstić information content (AvgIpc) is 3.03. The standard InChI is InChI=1S/C30H44O5/c1-17(9-8-10-18(2)26(34)35)19-11-14-29(6)25-20(31)15-22-27(3,4)23(33)12-13-28(22,5)24(25)21(32)16-30(19,29)7/h10,17,19,21-22,32H,8-9,11-16H2,1-7H3,(H,34,35)/b18-10+/t17-,19-,21-,22?,28+,29+,30-/m1/s1. The normalized spacial score (nSPS) is 41.8. The number of aliphatic hydroxyl groups excluding tert-OH is 1. The molecule has 0 spiro atoms. The molecule has 5 heteroatoms. The Morgan fingerprint density at radius 3 is 2.43 bits per heavy atom. The van der Waals surface area contributed by atoms with E-state index in [1.165, 1.54) is 0 Å². The van der Waals surface area contributed by atoms with Crippen LogP contribution in [-0.4, -0.2) is 33.9 Å². The summed E-state index contributed by atoms with van der Waals surface area (Å²) < 4.78 is 0. The van der Waals surface area contributed by atoms with Crippen molar-refractivity contribution in [2.24, 2.45) is 39.4 Å². The number of fused-ring (bicyclic) bond motifs is 4. The van der Waals surface area contributed by atoms with Crippen LogP contribution >= 0.6 is 0 Å². The second kappa shape index (κ2) is 8.39. The Bertz CT molecular complexity index is 1020. The van der Waals surface area contributed by atoms with Crippen LogP contribution in [0, 0.1) is 39.4 Å². The molecule has 0 amide bonds. The van der Waals surface area contributed by atoms with Crippen LogP contribution in [0.1, 0.15) is 99.8 Å². The number of hydrogen-bond acceptors (Lipinski definition) is 4. The fraction of sp³-hybridized carbons (Fsp3) is 0.767. The lowest BCUT2D eigenvalue weighted by Crippen LogP contribution is -2.59. The maximum atomic E-state index is 13.9. The highest BCUT2D eigenvalue weighted by molar-refractivity contribution is 6.01. The number of carbonyl (C=O) groups excluding carboxylic acids is 2. The molecule has 0 heterocycles. The Morgan fingerprint density at radius 1 is 1.14 bits per heavy atom. The van der Waals surface area contributed by atoms with Gasteiger partial charge in [0.15, 0.2) is 5.78 Å². The summed E-state index contributed by atoms with van der Waals surface area (Å²) in [5.41, 5.74) is 0.849. The minimum Gasteiger partial charge on any atom is -0.478 e. The fourth-order valence-corrected chi connectivity index (χ4v) is 9.05. The topological polar surface area (TPSA) is 91.7 Å². The van der Waals surface area contributed by atoms with E-state index in [1.807, 2.05) is 19.9 Å². The maximum absolute atomic E-state index is 13.9. The molecule has 4 aliphatic rings. The highest BCUT2D eigenvalue weighted by Gasteiger charge is 2.67. The molecule has 194 valence electrons. The van der Waals surface area contributed by atoms with Gasteiger partial charge in [-0.15, -0.1) is 0 Å². The number of ketones is 2. The molecule has 0 bridgehead atoms. The van der Waals surface area contributed by atoms with E-state index >= 15 is 0 Å². The van der Waals surface area contributed by atoms with Crippen molar-refractivity contribution in [3.63, 3.8) is 0 Å². The predicted molar refractivity (Wildman–Crippen MR) is 136 cm³/mol. The molecule has 5 nitrogen and oxygen atoms in total. The van der Waals surface area contributed by atoms with Crippen LogP contribution in [0.3, 0.4) is 0 Å². The number of carboxylic acids is 1. The first-order chi connectivity index (χ1) is 16.1. The third-order valence-corrected chi connectivity index (χ3v) is 11.4. The van der Waals surface area contributed by atoms with Crippen LogP contribution in [0.5, 0.6) is 0 Å². The van der Waals surface area contributed by atoms with Gasteiger partial charge in [0, 0.05) is 34.8 Å². The summed E-state index contributed by atoms with van der Waals surface area (Å²) in [6, 6.07) is 0. The number of carboxylic acid groups (broad SMARTS) is 1. The molecule has 0 saturated heterocycles. The molecule has 7 atom stereocenters. The van der Waals surface area contributed by atoms with E-state index in [9.17, 15) is 19.5 Å². The molecule has 0 aromatic rings. The third kappa shape index (κ3) is 3.62. The largest absolute Gasteiger partial charge is 0.478 e. The summed E-state index contributed by atoms with van der Waals surface area (Å²) in [7, 11) is 0. The van der Waals surface area contributed by atoms with Gasteiger partial charge in [0.25, 0.3) is 0 Å². The van der Waals surface area contributed by atoms with E-state index in [-0.39, 0.29) is 33.7 Å². The SMILES string of the molecule is C/C(=C\CC[C@@H](C)[C@H]1CC[C@@]2(C)C3=C([C@H](O)C[C@]12C)[C@@]1(C)CCC(=O)C(C)(C)C1CC3=O)C(=O)O. The van der Waals surface area contributed by atoms with Crippen molar-refractivity contribution >= 4 is 17.5 Å². The van der Waals surface area contributed by atoms with E-state index in [0.29, 0.717) is 43.1 Å². The summed E-state index contributed by atoms with van der Waals surface area (Å²) in [5.74, 6) is 0.166. The Labute approximate surface area is 210 Å². The van der Waals surface area contributed by atoms with Gasteiger partial charge in [0.2, 0.25) is 0 Å². The van der Waals surface area contributed by atoms with Crippen molar-refractivity contribution in [1.82, 2.24) is 0 Å². The van der Waals surface area contributed by atoms with Gasteiger partial charge in [-0.25, -0.2) is 4.79 Å². The minimum atomic E-state index is -0.872. The van der Waals surface area contributed by atoms with Gasteiger partial charge >= 0.3 is 5.97 Å². The summed E-state index contributed by atoms with van der Waals surface area (Å²) in [4.78, 5) is 37.9. The van der Waals surface area contributed by atoms with Crippen LogP contribution in [0.4, 0.5) is 0 Å². The van der Waals surface area contributed by atoms with Crippen LogP contribution in [0.2, 0.25) is 0 Å². The van der Waals surface area contributed by atoms with E-state index < -0.39 is 17.5 Å². The van der Waals surface area contributed by atoms with Crippen molar-refractivity contribution in [2.45, 2.75) is 106 Å². The van der Waals surface area contributed by atoms with Gasteiger partial charge in [-0.3, -0.25) is 9.59 Å². The first-order valence-electron chi connectivity index (χ1n) is 13.5. The zero-order valence-electron chi connectivity index (χ0n) is 22.7. The number of rotatable bonds is 5. The van der Waals surface area contributed by atoms with Gasteiger partial charge < -0.3 is 10.2 Å². The van der Waals surface area contributed by atoms with Gasteiger partial charge in [-0.1, -0.05) is 47.6 Å². The van der Waals surface area contributed by atoms with E-state index in [1.54, 1.807) is 6.92 Å². The lowest BCUT2D eigenvalue weighted by atomic mass is 9.42. The number of hydrogen-bond donors (Lipinski definition) is 2. The van der Waals surface area contributed by atoms with Crippen LogP contribution in [0.25, 0.3) is 0 Å². The fourth-order valence-electron chi connectivity index (χ4n) is 9.05. The number of allylic oxidation sites excluding steroid dienone is 2. The predicted octanol–water partition coefficient (Wildman–Crippen LogP) is 5.90. The first kappa shape index (κ1) is 26.3. The van der Waals surface area contributed by atoms with Crippen molar-refractivity contribution in [2.75, 3.05) is 0 Å². The van der Waals surface area contributed by atoms with Crippen LogP contribution in [-0.2, 0) is 14.4 Å². The van der Waals surface area contributed by atoms with Crippen LogP contribution in [0.15, 0.2) is 22.8 Å². The Morgan fingerprint density at radius 2 is 1.80 bits per heavy atom. The first-order valence-corrected chi connectivity index (χ1v) is 13.5. The van der Waals surface area contributed by atoms with Gasteiger partial charge in [0.1, 0.15) is 5.78 Å². The van der Waals surface area contributed by atoms with Gasteiger partial charge in [-0.05, 0) is 79.6 Å². The second-order valence-corrected chi connectivity index (χ2v) is 13.4. The van der Waals surface area contributed by atoms with Crippen molar-refractivity contribution in [3.05, 3.63) is 22.8 Å². The van der Waals surface area contributed by atoms with Crippen molar-refractivity contribution < 1.29 is 24.6 Å². The number of aliphatic carboxylic acids is 1. The highest BCUT2D eigenvalue weighted by Crippen LogP contribution is 2.71. The summed E-state index contributed by atoms with van der Waals surface area (Å²) in [5, 5.41) is 20.9. The Balaban J connectivity index is 1.71. The number of carbonyl (C=O) groups is 3. The Kier molecular flexibility index (Phi) is 6.31. The summed E-state index contributed by atoms with van der Waals surface area (Å²) in [6.07, 6.45) is 6.97. The lowest BCUT2D eigenvalue weighted by molar-refractivity contribution is -0.144. The molecular weight excluding hydrogens is 440 g/mol. The zero-order chi connectivity index (χ0) is 26.1. The highest BCUT2D eigenvalue weighted by atomic mass is 16.4. The monoisotopic (exact) mass is 484 g/mol. The zero-order valence-corrected chi connectivity index (χ0v) is 22.7. The molecule has 0 aromatic heterocycles. The van der Waals surface area contributed by atoms with E-state index in [0.717, 1.165) is 36.8 Å². The number of Topliss-reactive ketones (excluding diaryl/α,β-unsaturated/α-hetero) is 2. The lowest BCUT2D eigenvalue weighted by Gasteiger charge is -2.61. The molecule has 4 aliphatic carbocycles. The quantitative estimate of drug-likeness (QED) is 0.474. The van der Waals surface area contributed by atoms with E-state index in [4.69, 9.17) is 5.11 Å². The minimum absolute atomic E-state index is 0.0644. The summed E-state index contributed by atoms with van der Waals surface area (Å²) in [6.45, 7) is 14.6. The van der Waals surface area contributed by atoms with Gasteiger partial charge in [0.05, 0.1) is 6.10 Å². The average molecular weight is 485 g/mol. The van der Waals surface area contributed by atoms with Crippen LogP contribution < -0.4 is 0 Å². The molecule has 2 saturated carbocycles. The second-order valence-electron chi connectivity index (χ2n) is 13.4. The summed E-state index contributed by atoms with van der Waals surface area (Å²) >= 11 is 0. The van der Waals surface area contributed by atoms with Crippen molar-refractivity contribution in [1.29, 1.82) is 0 Å². The molecule has 0 aromatic carbocycles. The smallest absolute Gasteiger partial charge is 0.330 e. The molecule has 1 unspecified atom stereocenters. The Hall–Kier alpha value is -1.75. The van der Waals surface area contributed by atoms with Gasteiger partial charge in [-0.2, -0.15) is 0 Å². The molecule has 2 fully saturated rings. The van der Waals surface area contributed by atoms with Crippen molar-refractivity contribution in [3.8, 4) is 0 Å². The maximum Gasteiger partial charge on any atom is 0.330 e. The third-order valence-electron chi connectivity index (χ3n) is 11.4. The number of aliphatic hydroxyl groups is 1. The molecular formula is C30H44O5. The molecule has 0 radical (unpaired) electrons. The molecule has 4 rings (SSSR count).